The van der Waals surface area contributed by atoms with E-state index >= 15 is 0 Å². The van der Waals surface area contributed by atoms with Crippen molar-refractivity contribution in [1.29, 1.82) is 0 Å². The molecule has 5 aromatic rings. The van der Waals surface area contributed by atoms with E-state index in [-0.39, 0.29) is 23.9 Å². The molecular weight excluding hydrogens is 703 g/mol. The van der Waals surface area contributed by atoms with Gasteiger partial charge in [0.15, 0.2) is 19.7 Å². The number of benzene rings is 4. The van der Waals surface area contributed by atoms with Crippen LogP contribution in [0.3, 0.4) is 0 Å². The van der Waals surface area contributed by atoms with Crippen molar-refractivity contribution in [2.24, 2.45) is 0 Å². The summed E-state index contributed by atoms with van der Waals surface area (Å²) in [6.45, 7) is 7.11. The standard InChI is InChI=1S/C44H55NO6S2/c1-3-5-6-15-28-45-41-26-24-34(37-20-11-13-22-43(37)52(48,49)31-18-8-7-16-29-46)32-39(41)40-33-35(25-27-42(40)45)38-21-12-14-23-44(38)53(50,51)36(4-2)19-10-9-17-30-47/h4,11-14,20-27,32-33,36,46-47H,2-3,5-10,15-19,28-31H2,1H3. The summed E-state index contributed by atoms with van der Waals surface area (Å²) in [6, 6.07) is 26.7. The quantitative estimate of drug-likeness (QED) is 0.0537. The summed E-state index contributed by atoms with van der Waals surface area (Å²) >= 11 is 0. The number of aliphatic hydroxyl groups excluding tert-OH is 2. The molecule has 0 bridgehead atoms. The molecule has 284 valence electrons. The maximum Gasteiger partial charge on any atom is 0.185 e. The van der Waals surface area contributed by atoms with Crippen molar-refractivity contribution in [2.45, 2.75) is 106 Å². The van der Waals surface area contributed by atoms with E-state index in [2.05, 4.69) is 42.3 Å². The van der Waals surface area contributed by atoms with Gasteiger partial charge in [-0.3, -0.25) is 0 Å². The Balaban J connectivity index is 1.61. The van der Waals surface area contributed by atoms with Crippen molar-refractivity contribution >= 4 is 41.5 Å². The van der Waals surface area contributed by atoms with Crippen molar-refractivity contribution in [2.75, 3.05) is 19.0 Å². The Bertz CT molecular complexity index is 2200. The van der Waals surface area contributed by atoms with Crippen LogP contribution in [-0.2, 0) is 26.2 Å². The highest BCUT2D eigenvalue weighted by atomic mass is 32.2. The molecule has 53 heavy (non-hydrogen) atoms. The van der Waals surface area contributed by atoms with E-state index in [0.717, 1.165) is 84.4 Å². The van der Waals surface area contributed by atoms with E-state index < -0.39 is 24.9 Å². The second-order valence-electron chi connectivity index (χ2n) is 14.0. The van der Waals surface area contributed by atoms with Crippen molar-refractivity contribution in [3.63, 3.8) is 0 Å². The molecule has 0 aliphatic heterocycles. The number of sulfone groups is 2. The van der Waals surface area contributed by atoms with E-state index in [4.69, 9.17) is 5.11 Å². The third-order valence-corrected chi connectivity index (χ3v) is 14.3. The summed E-state index contributed by atoms with van der Waals surface area (Å²) in [5, 5.41) is 19.5. The van der Waals surface area contributed by atoms with Gasteiger partial charge in [0.05, 0.1) is 20.8 Å². The minimum Gasteiger partial charge on any atom is -0.396 e. The van der Waals surface area contributed by atoms with Gasteiger partial charge in [0.25, 0.3) is 0 Å². The fraction of sp³-hybridized carbons (Fsp3) is 0.409. The lowest BCUT2D eigenvalue weighted by atomic mass is 10.00. The number of nitrogens with zero attached hydrogens (tertiary/aromatic N) is 1. The Morgan fingerprint density at radius 3 is 1.75 bits per heavy atom. The van der Waals surface area contributed by atoms with E-state index in [1.807, 2.05) is 36.4 Å². The molecule has 1 unspecified atom stereocenters. The number of aliphatic hydroxyl groups is 2. The highest BCUT2D eigenvalue weighted by Crippen LogP contribution is 2.39. The molecule has 0 saturated carbocycles. The normalized spacial score (nSPS) is 12.8. The van der Waals surface area contributed by atoms with Crippen LogP contribution in [0.4, 0.5) is 0 Å². The minimum atomic E-state index is -3.75. The maximum atomic E-state index is 14.1. The summed E-state index contributed by atoms with van der Waals surface area (Å²) < 4.78 is 57.9. The van der Waals surface area contributed by atoms with Crippen LogP contribution >= 0.6 is 0 Å². The molecule has 7 nitrogen and oxygen atoms in total. The Kier molecular flexibility index (Phi) is 14.5. The molecule has 4 aromatic carbocycles. The molecule has 9 heteroatoms. The molecule has 0 radical (unpaired) electrons. The average molecular weight is 758 g/mol. The molecular formula is C44H55NO6S2. The second-order valence-corrected chi connectivity index (χ2v) is 18.2. The van der Waals surface area contributed by atoms with Crippen molar-refractivity contribution in [1.82, 2.24) is 4.57 Å². The Morgan fingerprint density at radius 2 is 1.17 bits per heavy atom. The number of unbranched alkanes of at least 4 members (excludes halogenated alkanes) is 8. The topological polar surface area (TPSA) is 114 Å². The molecule has 0 spiro atoms. The predicted octanol–water partition coefficient (Wildman–Crippen LogP) is 9.92. The molecule has 1 atom stereocenters. The van der Waals surface area contributed by atoms with Crippen LogP contribution in [0.2, 0.25) is 0 Å². The number of fused-ring (bicyclic) bond motifs is 3. The van der Waals surface area contributed by atoms with Crippen LogP contribution < -0.4 is 0 Å². The number of hydrogen-bond donors (Lipinski definition) is 2. The zero-order valence-electron chi connectivity index (χ0n) is 31.0. The molecule has 0 aliphatic carbocycles. The highest BCUT2D eigenvalue weighted by Gasteiger charge is 2.28. The molecule has 2 N–H and O–H groups in total. The van der Waals surface area contributed by atoms with Gasteiger partial charge < -0.3 is 14.8 Å². The van der Waals surface area contributed by atoms with Crippen LogP contribution in [-0.4, -0.2) is 55.8 Å². The zero-order valence-corrected chi connectivity index (χ0v) is 32.7. The van der Waals surface area contributed by atoms with Crippen molar-refractivity contribution in [3.8, 4) is 22.3 Å². The van der Waals surface area contributed by atoms with Crippen LogP contribution in [0, 0.1) is 0 Å². The summed E-state index contributed by atoms with van der Waals surface area (Å²) in [4.78, 5) is 0.587. The first-order valence-electron chi connectivity index (χ1n) is 19.2. The summed E-state index contributed by atoms with van der Waals surface area (Å²) in [5.41, 5.74) is 5.00. The van der Waals surface area contributed by atoms with Gasteiger partial charge in [0, 0.05) is 52.7 Å². The van der Waals surface area contributed by atoms with E-state index in [9.17, 15) is 21.9 Å². The molecule has 5 rings (SSSR count). The average Bonchev–Trinajstić information content (AvgIpc) is 3.48. The van der Waals surface area contributed by atoms with E-state index in [1.54, 1.807) is 24.3 Å². The molecule has 0 amide bonds. The Hall–Kier alpha value is -3.76. The van der Waals surface area contributed by atoms with Gasteiger partial charge in [0.2, 0.25) is 0 Å². The predicted molar refractivity (Wildman–Crippen MR) is 219 cm³/mol. The molecule has 1 heterocycles. The fourth-order valence-electron chi connectivity index (χ4n) is 7.37. The zero-order chi connectivity index (χ0) is 37.8. The van der Waals surface area contributed by atoms with Crippen LogP contribution in [0.25, 0.3) is 44.1 Å². The first-order chi connectivity index (χ1) is 25.7. The van der Waals surface area contributed by atoms with Crippen LogP contribution in [0.5, 0.6) is 0 Å². The van der Waals surface area contributed by atoms with Gasteiger partial charge in [-0.1, -0.05) is 106 Å². The van der Waals surface area contributed by atoms with Crippen molar-refractivity contribution < 1.29 is 27.0 Å². The van der Waals surface area contributed by atoms with Gasteiger partial charge in [-0.25, -0.2) is 16.8 Å². The summed E-state index contributed by atoms with van der Waals surface area (Å²) in [5.74, 6) is 0.0514. The van der Waals surface area contributed by atoms with Gasteiger partial charge in [-0.05, 0) is 79.6 Å². The largest absolute Gasteiger partial charge is 0.396 e. The Morgan fingerprint density at radius 1 is 0.642 bits per heavy atom. The molecule has 0 fully saturated rings. The van der Waals surface area contributed by atoms with Gasteiger partial charge in [-0.15, -0.1) is 6.58 Å². The lowest BCUT2D eigenvalue weighted by Gasteiger charge is -2.17. The monoisotopic (exact) mass is 757 g/mol. The number of hydrogen-bond acceptors (Lipinski definition) is 6. The fourth-order valence-corrected chi connectivity index (χ4v) is 10.8. The third kappa shape index (κ3) is 9.49. The summed E-state index contributed by atoms with van der Waals surface area (Å²) in [6.07, 6.45) is 11.2. The first-order valence-corrected chi connectivity index (χ1v) is 22.4. The summed E-state index contributed by atoms with van der Waals surface area (Å²) in [7, 11) is -7.31. The van der Waals surface area contributed by atoms with E-state index in [1.165, 1.54) is 6.08 Å². The Labute approximate surface area is 316 Å². The minimum absolute atomic E-state index is 0.0514. The lowest BCUT2D eigenvalue weighted by molar-refractivity contribution is 0.282. The number of aryl methyl sites for hydroxylation is 1. The second kappa shape index (κ2) is 19.0. The smallest absolute Gasteiger partial charge is 0.185 e. The van der Waals surface area contributed by atoms with Gasteiger partial charge in [-0.2, -0.15) is 0 Å². The van der Waals surface area contributed by atoms with Crippen LogP contribution in [0.1, 0.15) is 84.0 Å². The molecule has 0 saturated heterocycles. The van der Waals surface area contributed by atoms with Gasteiger partial charge in [0.1, 0.15) is 0 Å². The lowest BCUT2D eigenvalue weighted by Crippen LogP contribution is -2.20. The number of aromatic nitrogens is 1. The molecule has 1 aromatic heterocycles. The maximum absolute atomic E-state index is 14.1. The van der Waals surface area contributed by atoms with Gasteiger partial charge >= 0.3 is 0 Å². The third-order valence-electron chi connectivity index (χ3n) is 10.3. The van der Waals surface area contributed by atoms with Crippen molar-refractivity contribution in [3.05, 3.63) is 97.6 Å². The number of rotatable bonds is 22. The van der Waals surface area contributed by atoms with Crippen LogP contribution in [0.15, 0.2) is 107 Å². The molecule has 0 aliphatic rings. The highest BCUT2D eigenvalue weighted by molar-refractivity contribution is 7.92. The SMILES string of the molecule is C=CC(CCCCCO)S(=O)(=O)c1ccccc1-c1ccc2c(c1)c1cc(-c3ccccc3S(=O)(=O)CCCCCCO)ccc1n2CCCCCC. The first kappa shape index (κ1) is 40.4. The van der Waals surface area contributed by atoms with E-state index in [0.29, 0.717) is 48.1 Å².